The SMILES string of the molecule is CC(C)c1ccc(NC(=O)Cn2cnc(-c3ccccc3F)cc2=O)cc1. The van der Waals surface area contributed by atoms with Crippen molar-refractivity contribution in [2.45, 2.75) is 26.3 Å². The van der Waals surface area contributed by atoms with Crippen LogP contribution in [0.25, 0.3) is 11.3 Å². The van der Waals surface area contributed by atoms with Crippen LogP contribution in [0, 0.1) is 5.82 Å². The number of carbonyl (C=O) groups excluding carboxylic acids is 1. The van der Waals surface area contributed by atoms with E-state index >= 15 is 0 Å². The van der Waals surface area contributed by atoms with Crippen molar-refractivity contribution in [3.8, 4) is 11.3 Å². The van der Waals surface area contributed by atoms with Gasteiger partial charge in [-0.25, -0.2) is 9.37 Å². The molecule has 2 aromatic carbocycles. The van der Waals surface area contributed by atoms with E-state index in [4.69, 9.17) is 0 Å². The van der Waals surface area contributed by atoms with E-state index in [-0.39, 0.29) is 23.7 Å². The van der Waals surface area contributed by atoms with E-state index in [0.29, 0.717) is 11.6 Å². The number of hydrogen-bond acceptors (Lipinski definition) is 3. The summed E-state index contributed by atoms with van der Waals surface area (Å²) in [5, 5.41) is 2.75. The minimum absolute atomic E-state index is 0.171. The molecule has 1 aromatic heterocycles. The number of nitrogens with zero attached hydrogens (tertiary/aromatic N) is 2. The number of halogens is 1. The number of rotatable bonds is 5. The molecule has 0 atom stereocenters. The van der Waals surface area contributed by atoms with Crippen LogP contribution < -0.4 is 10.9 Å². The Labute approximate surface area is 156 Å². The van der Waals surface area contributed by atoms with Gasteiger partial charge in [0.05, 0.1) is 12.0 Å². The molecule has 3 rings (SSSR count). The number of hydrogen-bond donors (Lipinski definition) is 1. The lowest BCUT2D eigenvalue weighted by Gasteiger charge is -2.10. The van der Waals surface area contributed by atoms with E-state index in [1.54, 1.807) is 18.2 Å². The molecule has 1 amide bonds. The Hall–Kier alpha value is -3.28. The van der Waals surface area contributed by atoms with Crippen LogP contribution in [0.4, 0.5) is 10.1 Å². The summed E-state index contributed by atoms with van der Waals surface area (Å²) < 4.78 is 15.0. The van der Waals surface area contributed by atoms with Crippen molar-refractivity contribution in [1.29, 1.82) is 0 Å². The summed E-state index contributed by atoms with van der Waals surface area (Å²) in [6.07, 6.45) is 1.26. The molecule has 0 bridgehead atoms. The molecule has 3 aromatic rings. The molecule has 1 heterocycles. The van der Waals surface area contributed by atoms with Crippen LogP contribution in [0.3, 0.4) is 0 Å². The first-order chi connectivity index (χ1) is 12.9. The van der Waals surface area contributed by atoms with Crippen molar-refractivity contribution in [3.63, 3.8) is 0 Å². The monoisotopic (exact) mass is 365 g/mol. The zero-order valence-corrected chi connectivity index (χ0v) is 15.1. The molecule has 0 spiro atoms. The van der Waals surface area contributed by atoms with Crippen LogP contribution in [0.1, 0.15) is 25.3 Å². The molecular weight excluding hydrogens is 345 g/mol. The number of carbonyl (C=O) groups is 1. The van der Waals surface area contributed by atoms with Gasteiger partial charge in [0.15, 0.2) is 0 Å². The highest BCUT2D eigenvalue weighted by Crippen LogP contribution is 2.19. The summed E-state index contributed by atoms with van der Waals surface area (Å²) in [5.41, 5.74) is 1.90. The number of amides is 1. The fourth-order valence-corrected chi connectivity index (χ4v) is 2.67. The first-order valence-electron chi connectivity index (χ1n) is 8.65. The zero-order chi connectivity index (χ0) is 19.4. The quantitative estimate of drug-likeness (QED) is 0.748. The number of nitrogens with one attached hydrogen (secondary N) is 1. The molecule has 0 aliphatic carbocycles. The summed E-state index contributed by atoms with van der Waals surface area (Å²) in [4.78, 5) is 28.6. The minimum Gasteiger partial charge on any atom is -0.325 e. The second-order valence-electron chi connectivity index (χ2n) is 6.55. The molecule has 0 radical (unpaired) electrons. The molecule has 6 heteroatoms. The van der Waals surface area contributed by atoms with Gasteiger partial charge in [0.25, 0.3) is 5.56 Å². The van der Waals surface area contributed by atoms with E-state index in [9.17, 15) is 14.0 Å². The maximum Gasteiger partial charge on any atom is 0.254 e. The smallest absolute Gasteiger partial charge is 0.254 e. The number of anilines is 1. The normalized spacial score (nSPS) is 10.8. The molecule has 5 nitrogen and oxygen atoms in total. The van der Waals surface area contributed by atoms with E-state index in [0.717, 1.165) is 0 Å². The Kier molecular flexibility index (Phi) is 5.45. The molecule has 0 aliphatic rings. The van der Waals surface area contributed by atoms with Gasteiger partial charge >= 0.3 is 0 Å². The molecule has 27 heavy (non-hydrogen) atoms. The molecule has 0 saturated heterocycles. The Balaban J connectivity index is 1.71. The lowest BCUT2D eigenvalue weighted by molar-refractivity contribution is -0.116. The molecule has 138 valence electrons. The van der Waals surface area contributed by atoms with E-state index in [2.05, 4.69) is 24.1 Å². The molecule has 1 N–H and O–H groups in total. The third kappa shape index (κ3) is 4.47. The van der Waals surface area contributed by atoms with Crippen LogP contribution in [0.5, 0.6) is 0 Å². The van der Waals surface area contributed by atoms with Gasteiger partial charge in [0.2, 0.25) is 5.91 Å². The van der Waals surface area contributed by atoms with E-state index in [1.807, 2.05) is 24.3 Å². The zero-order valence-electron chi connectivity index (χ0n) is 15.1. The van der Waals surface area contributed by atoms with Crippen LogP contribution >= 0.6 is 0 Å². The summed E-state index contributed by atoms with van der Waals surface area (Å²) in [7, 11) is 0. The van der Waals surface area contributed by atoms with Crippen molar-refractivity contribution in [2.75, 3.05) is 5.32 Å². The van der Waals surface area contributed by atoms with Gasteiger partial charge in [0, 0.05) is 17.3 Å². The first kappa shape index (κ1) is 18.5. The fraction of sp³-hybridized carbons (Fsp3) is 0.190. The first-order valence-corrected chi connectivity index (χ1v) is 8.65. The highest BCUT2D eigenvalue weighted by atomic mass is 19.1. The number of aromatic nitrogens is 2. The summed E-state index contributed by atoms with van der Waals surface area (Å²) in [5.74, 6) is -0.382. The number of benzene rings is 2. The predicted octanol–water partition coefficient (Wildman–Crippen LogP) is 3.81. The fourth-order valence-electron chi connectivity index (χ4n) is 2.67. The summed E-state index contributed by atoms with van der Waals surface area (Å²) in [6.45, 7) is 4.02. The largest absolute Gasteiger partial charge is 0.325 e. The average Bonchev–Trinajstić information content (AvgIpc) is 2.64. The van der Waals surface area contributed by atoms with Crippen LogP contribution in [0.15, 0.2) is 65.7 Å². The van der Waals surface area contributed by atoms with Crippen molar-refractivity contribution in [2.24, 2.45) is 0 Å². The predicted molar refractivity (Wildman–Crippen MR) is 103 cm³/mol. The summed E-state index contributed by atoms with van der Waals surface area (Å²) >= 11 is 0. The third-order valence-corrected chi connectivity index (χ3v) is 4.20. The van der Waals surface area contributed by atoms with Gasteiger partial charge in [-0.15, -0.1) is 0 Å². The minimum atomic E-state index is -0.454. The van der Waals surface area contributed by atoms with Crippen molar-refractivity contribution in [3.05, 3.63) is 82.7 Å². The third-order valence-electron chi connectivity index (χ3n) is 4.20. The van der Waals surface area contributed by atoms with Gasteiger partial charge in [-0.05, 0) is 35.7 Å². The molecule has 0 saturated carbocycles. The second-order valence-corrected chi connectivity index (χ2v) is 6.55. The second kappa shape index (κ2) is 7.95. The Morgan fingerprint density at radius 1 is 1.15 bits per heavy atom. The van der Waals surface area contributed by atoms with E-state index in [1.165, 1.54) is 28.6 Å². The van der Waals surface area contributed by atoms with Crippen molar-refractivity contribution in [1.82, 2.24) is 9.55 Å². The molecule has 0 aliphatic heterocycles. The van der Waals surface area contributed by atoms with Crippen LogP contribution in [-0.4, -0.2) is 15.5 Å². The Morgan fingerprint density at radius 3 is 2.48 bits per heavy atom. The van der Waals surface area contributed by atoms with Crippen LogP contribution in [0.2, 0.25) is 0 Å². The van der Waals surface area contributed by atoms with Gasteiger partial charge in [0.1, 0.15) is 12.4 Å². The molecule has 0 fully saturated rings. The average molecular weight is 365 g/mol. The van der Waals surface area contributed by atoms with Crippen LogP contribution in [-0.2, 0) is 11.3 Å². The highest BCUT2D eigenvalue weighted by Gasteiger charge is 2.10. The Bertz CT molecular complexity index is 1010. The maximum atomic E-state index is 13.8. The maximum absolute atomic E-state index is 13.8. The van der Waals surface area contributed by atoms with Gasteiger partial charge < -0.3 is 5.32 Å². The topological polar surface area (TPSA) is 64.0 Å². The lowest BCUT2D eigenvalue weighted by Crippen LogP contribution is -2.27. The molecular formula is C21H20FN3O2. The Morgan fingerprint density at radius 2 is 1.85 bits per heavy atom. The molecule has 0 unspecified atom stereocenters. The summed E-state index contributed by atoms with van der Waals surface area (Å²) in [6, 6.07) is 14.9. The van der Waals surface area contributed by atoms with Gasteiger partial charge in [-0.1, -0.05) is 38.1 Å². The standard InChI is InChI=1S/C21H20FN3O2/c1-14(2)15-7-9-16(10-8-15)24-20(26)12-25-13-23-19(11-21(25)27)17-5-3-4-6-18(17)22/h3-11,13-14H,12H2,1-2H3,(H,24,26). The van der Waals surface area contributed by atoms with Crippen molar-refractivity contribution < 1.29 is 9.18 Å². The lowest BCUT2D eigenvalue weighted by atomic mass is 10.0. The van der Waals surface area contributed by atoms with Gasteiger partial charge in [-0.2, -0.15) is 0 Å². The van der Waals surface area contributed by atoms with E-state index < -0.39 is 11.4 Å². The highest BCUT2D eigenvalue weighted by molar-refractivity contribution is 5.90. The van der Waals surface area contributed by atoms with Crippen molar-refractivity contribution >= 4 is 11.6 Å². The van der Waals surface area contributed by atoms with Gasteiger partial charge in [-0.3, -0.25) is 14.2 Å².